The van der Waals surface area contributed by atoms with Crippen LogP contribution in [0.25, 0.3) is 22.3 Å². The maximum absolute atomic E-state index is 5.95. The average Bonchev–Trinajstić information content (AvgIpc) is 3.03. The SMILES string of the molecule is Nc1ccc(-c2ccc(N)c(Cl)c2)cc1Cl.Nc1ccc(Oc2ccc(-c3ccc(Oc4ccc(N)cc4)cc3)cc2)cc1. The summed E-state index contributed by atoms with van der Waals surface area (Å²) in [4.78, 5) is 0. The maximum atomic E-state index is 5.95. The fourth-order valence-electron chi connectivity index (χ4n) is 4.19. The van der Waals surface area contributed by atoms with Gasteiger partial charge in [-0.3, -0.25) is 0 Å². The van der Waals surface area contributed by atoms with E-state index in [4.69, 9.17) is 55.6 Å². The molecular formula is C36H30Cl2N4O2. The fourth-order valence-corrected chi connectivity index (χ4v) is 4.55. The summed E-state index contributed by atoms with van der Waals surface area (Å²) in [6.07, 6.45) is 0. The fraction of sp³-hybridized carbons (Fsp3) is 0. The summed E-state index contributed by atoms with van der Waals surface area (Å²) >= 11 is 11.9. The number of halogens is 2. The van der Waals surface area contributed by atoms with Gasteiger partial charge in [0, 0.05) is 11.4 Å². The molecule has 0 aromatic heterocycles. The van der Waals surface area contributed by atoms with Crippen molar-refractivity contribution >= 4 is 46.0 Å². The first-order valence-electron chi connectivity index (χ1n) is 13.6. The number of ether oxygens (including phenoxy) is 2. The normalized spacial score (nSPS) is 10.4. The second-order valence-corrected chi connectivity index (χ2v) is 10.7. The number of hydrogen-bond acceptors (Lipinski definition) is 6. The Morgan fingerprint density at radius 1 is 0.341 bits per heavy atom. The van der Waals surface area contributed by atoms with Crippen molar-refractivity contribution in [1.82, 2.24) is 0 Å². The summed E-state index contributed by atoms with van der Waals surface area (Å²) in [6.45, 7) is 0. The van der Waals surface area contributed by atoms with Gasteiger partial charge in [-0.1, -0.05) is 59.6 Å². The number of rotatable bonds is 6. The standard InChI is InChI=1S/C24H20N2O2.C12H10Cl2N2/c25-19-5-13-23(14-6-19)27-21-9-1-17(2-10-21)18-3-11-22(12-4-18)28-24-15-7-20(26)8-16-24;13-9-5-7(1-3-11(9)15)8-2-4-12(16)10(14)6-8/h1-16H,25-26H2;1-6H,15-16H2. The van der Waals surface area contributed by atoms with Crippen LogP contribution in [-0.4, -0.2) is 0 Å². The van der Waals surface area contributed by atoms with Crippen molar-refractivity contribution in [1.29, 1.82) is 0 Å². The van der Waals surface area contributed by atoms with Gasteiger partial charge in [0.2, 0.25) is 0 Å². The summed E-state index contributed by atoms with van der Waals surface area (Å²) in [5.41, 5.74) is 29.3. The summed E-state index contributed by atoms with van der Waals surface area (Å²) in [5.74, 6) is 3.06. The topological polar surface area (TPSA) is 123 Å². The van der Waals surface area contributed by atoms with Crippen LogP contribution in [0.2, 0.25) is 10.0 Å². The molecule has 0 aliphatic heterocycles. The zero-order chi connectivity index (χ0) is 31.1. The van der Waals surface area contributed by atoms with Gasteiger partial charge >= 0.3 is 0 Å². The number of nitrogen functional groups attached to an aromatic ring is 4. The van der Waals surface area contributed by atoms with E-state index < -0.39 is 0 Å². The van der Waals surface area contributed by atoms with E-state index in [1.165, 1.54) is 0 Å². The third kappa shape index (κ3) is 7.95. The molecule has 8 N–H and O–H groups in total. The monoisotopic (exact) mass is 620 g/mol. The van der Waals surface area contributed by atoms with Gasteiger partial charge in [-0.15, -0.1) is 0 Å². The number of nitrogens with two attached hydrogens (primary N) is 4. The number of anilines is 4. The van der Waals surface area contributed by atoms with Gasteiger partial charge in [-0.05, 0) is 119 Å². The molecule has 0 aliphatic rings. The summed E-state index contributed by atoms with van der Waals surface area (Å²) in [6, 6.07) is 41.5. The zero-order valence-electron chi connectivity index (χ0n) is 23.6. The van der Waals surface area contributed by atoms with E-state index in [1.807, 2.05) is 109 Å². The highest BCUT2D eigenvalue weighted by atomic mass is 35.5. The highest BCUT2D eigenvalue weighted by molar-refractivity contribution is 6.34. The van der Waals surface area contributed by atoms with Crippen molar-refractivity contribution in [2.75, 3.05) is 22.9 Å². The molecule has 0 amide bonds. The Bertz CT molecular complexity index is 1700. The molecule has 44 heavy (non-hydrogen) atoms. The molecule has 0 bridgehead atoms. The first-order valence-corrected chi connectivity index (χ1v) is 14.4. The minimum Gasteiger partial charge on any atom is -0.457 e. The van der Waals surface area contributed by atoms with Crippen LogP contribution in [0.3, 0.4) is 0 Å². The highest BCUT2D eigenvalue weighted by Crippen LogP contribution is 2.31. The Labute approximate surface area is 266 Å². The van der Waals surface area contributed by atoms with Crippen molar-refractivity contribution < 1.29 is 9.47 Å². The summed E-state index contributed by atoms with van der Waals surface area (Å²) in [7, 11) is 0. The molecule has 220 valence electrons. The zero-order valence-corrected chi connectivity index (χ0v) is 25.1. The average molecular weight is 622 g/mol. The molecule has 0 unspecified atom stereocenters. The molecule has 6 nitrogen and oxygen atoms in total. The quantitative estimate of drug-likeness (QED) is 0.137. The van der Waals surface area contributed by atoms with E-state index in [1.54, 1.807) is 24.3 Å². The molecule has 8 heteroatoms. The largest absolute Gasteiger partial charge is 0.457 e. The van der Waals surface area contributed by atoms with Crippen molar-refractivity contribution in [3.63, 3.8) is 0 Å². The van der Waals surface area contributed by atoms with E-state index >= 15 is 0 Å². The Kier molecular flexibility index (Phi) is 9.45. The van der Waals surface area contributed by atoms with Crippen LogP contribution in [0, 0.1) is 0 Å². The third-order valence-corrected chi connectivity index (χ3v) is 7.26. The second-order valence-electron chi connectivity index (χ2n) is 9.86. The van der Waals surface area contributed by atoms with Crippen LogP contribution >= 0.6 is 23.2 Å². The van der Waals surface area contributed by atoms with Gasteiger partial charge in [0.15, 0.2) is 0 Å². The molecule has 6 aromatic carbocycles. The molecule has 0 radical (unpaired) electrons. The predicted molar refractivity (Wildman–Crippen MR) is 184 cm³/mol. The Hall–Kier alpha value is -5.30. The van der Waals surface area contributed by atoms with Crippen molar-refractivity contribution in [3.05, 3.63) is 144 Å². The molecule has 0 saturated carbocycles. The number of benzene rings is 6. The lowest BCUT2D eigenvalue weighted by molar-refractivity contribution is 0.482. The van der Waals surface area contributed by atoms with Crippen molar-refractivity contribution in [2.45, 2.75) is 0 Å². The first kappa shape index (κ1) is 30.2. The van der Waals surface area contributed by atoms with Gasteiger partial charge in [0.25, 0.3) is 0 Å². The summed E-state index contributed by atoms with van der Waals surface area (Å²) < 4.78 is 11.7. The lowest BCUT2D eigenvalue weighted by atomic mass is 10.1. The van der Waals surface area contributed by atoms with E-state index in [2.05, 4.69) is 0 Å². The van der Waals surface area contributed by atoms with E-state index in [-0.39, 0.29) is 0 Å². The van der Waals surface area contributed by atoms with Crippen molar-refractivity contribution in [2.24, 2.45) is 0 Å². The molecule has 0 fully saturated rings. The first-order chi connectivity index (χ1) is 21.2. The lowest BCUT2D eigenvalue weighted by Crippen LogP contribution is -1.88. The smallest absolute Gasteiger partial charge is 0.127 e. The third-order valence-electron chi connectivity index (χ3n) is 6.61. The van der Waals surface area contributed by atoms with E-state index in [0.717, 1.165) is 45.3 Å². The minimum absolute atomic E-state index is 0.533. The molecule has 0 spiro atoms. The van der Waals surface area contributed by atoms with Gasteiger partial charge in [-0.25, -0.2) is 0 Å². The van der Waals surface area contributed by atoms with E-state index in [0.29, 0.717) is 32.8 Å². The van der Waals surface area contributed by atoms with Gasteiger partial charge in [0.05, 0.1) is 21.4 Å². The van der Waals surface area contributed by atoms with Crippen LogP contribution < -0.4 is 32.4 Å². The van der Waals surface area contributed by atoms with Crippen LogP contribution in [0.4, 0.5) is 22.7 Å². The summed E-state index contributed by atoms with van der Waals surface area (Å²) in [5, 5.41) is 1.07. The van der Waals surface area contributed by atoms with Gasteiger partial charge < -0.3 is 32.4 Å². The minimum atomic E-state index is 0.533. The van der Waals surface area contributed by atoms with Crippen LogP contribution in [0.5, 0.6) is 23.0 Å². The Balaban J connectivity index is 0.000000204. The van der Waals surface area contributed by atoms with Crippen LogP contribution in [-0.2, 0) is 0 Å². The number of hydrogen-bond donors (Lipinski definition) is 4. The molecule has 0 saturated heterocycles. The highest BCUT2D eigenvalue weighted by Gasteiger charge is 2.05. The molecule has 6 aromatic rings. The Morgan fingerprint density at radius 3 is 0.909 bits per heavy atom. The van der Waals surface area contributed by atoms with Gasteiger partial charge in [-0.2, -0.15) is 0 Å². The van der Waals surface area contributed by atoms with Gasteiger partial charge in [0.1, 0.15) is 23.0 Å². The molecule has 0 atom stereocenters. The molecular weight excluding hydrogens is 591 g/mol. The van der Waals surface area contributed by atoms with E-state index in [9.17, 15) is 0 Å². The maximum Gasteiger partial charge on any atom is 0.127 e. The molecule has 0 aliphatic carbocycles. The van der Waals surface area contributed by atoms with Crippen molar-refractivity contribution in [3.8, 4) is 45.3 Å². The predicted octanol–water partition coefficient (Wildman–Crippen LogP) is 9.93. The second kappa shape index (κ2) is 13.8. The lowest BCUT2D eigenvalue weighted by Gasteiger charge is -2.09. The van der Waals surface area contributed by atoms with Crippen LogP contribution in [0.15, 0.2) is 133 Å². The molecule has 6 rings (SSSR count). The molecule has 0 heterocycles. The Morgan fingerprint density at radius 2 is 0.614 bits per heavy atom. The van der Waals surface area contributed by atoms with Crippen LogP contribution in [0.1, 0.15) is 0 Å².